The number of aromatic nitrogens is 4. The van der Waals surface area contributed by atoms with Gasteiger partial charge >= 0.3 is 0 Å². The van der Waals surface area contributed by atoms with Crippen LogP contribution in [0.1, 0.15) is 5.56 Å². The Morgan fingerprint density at radius 1 is 0.917 bits per heavy atom. The molecular formula is C18H10FN5. The lowest BCUT2D eigenvalue weighted by atomic mass is 10.1. The predicted molar refractivity (Wildman–Crippen MR) is 86.3 cm³/mol. The number of rotatable bonds is 2. The normalized spacial score (nSPS) is 10.7. The maximum Gasteiger partial charge on any atom is 0.185 e. The van der Waals surface area contributed by atoms with E-state index in [4.69, 9.17) is 5.26 Å². The molecule has 0 aliphatic carbocycles. The summed E-state index contributed by atoms with van der Waals surface area (Å²) in [5.74, 6) is 0.254. The maximum atomic E-state index is 13.1. The van der Waals surface area contributed by atoms with Gasteiger partial charge in [-0.25, -0.2) is 4.39 Å². The van der Waals surface area contributed by atoms with Crippen LogP contribution in [0.4, 0.5) is 4.39 Å². The monoisotopic (exact) mass is 315 g/mol. The van der Waals surface area contributed by atoms with Crippen LogP contribution in [0.3, 0.4) is 0 Å². The minimum Gasteiger partial charge on any atom is -0.207 e. The van der Waals surface area contributed by atoms with Crippen molar-refractivity contribution in [2.75, 3.05) is 0 Å². The highest BCUT2D eigenvalue weighted by atomic mass is 19.1. The Kier molecular flexibility index (Phi) is 3.25. The minimum absolute atomic E-state index is 0.293. The first-order valence-electron chi connectivity index (χ1n) is 7.23. The van der Waals surface area contributed by atoms with Crippen LogP contribution >= 0.6 is 0 Å². The van der Waals surface area contributed by atoms with Crippen LogP contribution in [0.15, 0.2) is 60.7 Å². The Bertz CT molecular complexity index is 1080. The summed E-state index contributed by atoms with van der Waals surface area (Å²) in [6, 6.07) is 19.0. The molecule has 0 saturated heterocycles. The second-order valence-corrected chi connectivity index (χ2v) is 5.21. The van der Waals surface area contributed by atoms with E-state index in [-0.39, 0.29) is 5.82 Å². The molecule has 2 heterocycles. The van der Waals surface area contributed by atoms with E-state index in [0.717, 1.165) is 11.1 Å². The molecule has 0 amide bonds. The fourth-order valence-corrected chi connectivity index (χ4v) is 2.47. The zero-order valence-corrected chi connectivity index (χ0v) is 12.4. The van der Waals surface area contributed by atoms with Crippen LogP contribution in [0.5, 0.6) is 0 Å². The third-order valence-electron chi connectivity index (χ3n) is 3.65. The zero-order valence-electron chi connectivity index (χ0n) is 12.4. The lowest BCUT2D eigenvalue weighted by Gasteiger charge is -2.03. The Labute approximate surface area is 136 Å². The van der Waals surface area contributed by atoms with Crippen LogP contribution < -0.4 is 0 Å². The molecule has 4 rings (SSSR count). The first-order chi connectivity index (χ1) is 11.7. The summed E-state index contributed by atoms with van der Waals surface area (Å²) < 4.78 is 14.7. The van der Waals surface area contributed by atoms with Crippen molar-refractivity contribution in [1.29, 1.82) is 5.26 Å². The van der Waals surface area contributed by atoms with Gasteiger partial charge in [-0.1, -0.05) is 12.1 Å². The van der Waals surface area contributed by atoms with Crippen LogP contribution in [-0.2, 0) is 0 Å². The fourth-order valence-electron chi connectivity index (χ4n) is 2.47. The van der Waals surface area contributed by atoms with Gasteiger partial charge in [0, 0.05) is 11.1 Å². The number of halogens is 1. The van der Waals surface area contributed by atoms with E-state index in [1.807, 2.05) is 12.1 Å². The molecule has 0 bridgehead atoms. The Morgan fingerprint density at radius 2 is 1.75 bits per heavy atom. The van der Waals surface area contributed by atoms with Crippen molar-refractivity contribution in [1.82, 2.24) is 19.8 Å². The van der Waals surface area contributed by atoms with Gasteiger partial charge < -0.3 is 0 Å². The van der Waals surface area contributed by atoms with Crippen molar-refractivity contribution < 1.29 is 4.39 Å². The van der Waals surface area contributed by atoms with E-state index >= 15 is 0 Å². The van der Waals surface area contributed by atoms with Crippen molar-refractivity contribution >= 4 is 5.65 Å². The van der Waals surface area contributed by atoms with Gasteiger partial charge in [0.15, 0.2) is 11.5 Å². The van der Waals surface area contributed by atoms with Crippen molar-refractivity contribution in [2.45, 2.75) is 0 Å². The lowest BCUT2D eigenvalue weighted by Crippen LogP contribution is -1.97. The van der Waals surface area contributed by atoms with E-state index in [1.165, 1.54) is 12.1 Å². The number of nitrogens with zero attached hydrogens (tertiary/aromatic N) is 5. The van der Waals surface area contributed by atoms with Crippen molar-refractivity contribution in [3.8, 4) is 28.7 Å². The van der Waals surface area contributed by atoms with Gasteiger partial charge in [-0.2, -0.15) is 14.9 Å². The van der Waals surface area contributed by atoms with E-state index < -0.39 is 0 Å². The highest BCUT2D eigenvalue weighted by Crippen LogP contribution is 2.22. The molecule has 0 aliphatic rings. The van der Waals surface area contributed by atoms with Gasteiger partial charge in [0.05, 0.1) is 17.3 Å². The van der Waals surface area contributed by atoms with Gasteiger partial charge in [-0.15, -0.1) is 10.2 Å². The van der Waals surface area contributed by atoms with E-state index in [2.05, 4.69) is 21.4 Å². The number of hydrogen-bond acceptors (Lipinski definition) is 4. The third-order valence-corrected chi connectivity index (χ3v) is 3.65. The van der Waals surface area contributed by atoms with Gasteiger partial charge in [0.25, 0.3) is 0 Å². The molecule has 2 aromatic heterocycles. The summed E-state index contributed by atoms with van der Waals surface area (Å²) in [4.78, 5) is 0. The average molecular weight is 315 g/mol. The molecular weight excluding hydrogens is 305 g/mol. The van der Waals surface area contributed by atoms with Crippen LogP contribution in [-0.4, -0.2) is 19.8 Å². The summed E-state index contributed by atoms with van der Waals surface area (Å²) in [5, 5.41) is 21.9. The summed E-state index contributed by atoms with van der Waals surface area (Å²) in [6.07, 6.45) is 0. The second-order valence-electron chi connectivity index (χ2n) is 5.21. The summed E-state index contributed by atoms with van der Waals surface area (Å²) in [5.41, 5.74) is 3.37. The number of benzene rings is 2. The Morgan fingerprint density at radius 3 is 2.54 bits per heavy atom. The molecule has 0 spiro atoms. The number of nitriles is 1. The van der Waals surface area contributed by atoms with Crippen molar-refractivity contribution in [3.63, 3.8) is 0 Å². The van der Waals surface area contributed by atoms with Gasteiger partial charge in [-0.3, -0.25) is 0 Å². The molecule has 24 heavy (non-hydrogen) atoms. The Balaban J connectivity index is 1.87. The smallest absolute Gasteiger partial charge is 0.185 e. The molecule has 0 atom stereocenters. The van der Waals surface area contributed by atoms with Crippen LogP contribution in [0.25, 0.3) is 28.3 Å². The topological polar surface area (TPSA) is 66.9 Å². The first kappa shape index (κ1) is 14.0. The molecule has 5 nitrogen and oxygen atoms in total. The largest absolute Gasteiger partial charge is 0.207 e. The quantitative estimate of drug-likeness (QED) is 0.568. The molecule has 4 aromatic rings. The van der Waals surface area contributed by atoms with Gasteiger partial charge in [-0.05, 0) is 48.5 Å². The molecule has 0 saturated carbocycles. The zero-order chi connectivity index (χ0) is 16.5. The summed E-state index contributed by atoms with van der Waals surface area (Å²) in [6.45, 7) is 0. The summed E-state index contributed by atoms with van der Waals surface area (Å²) in [7, 11) is 0. The maximum absolute atomic E-state index is 13.1. The molecule has 0 aliphatic heterocycles. The number of fused-ring (bicyclic) bond motifs is 1. The minimum atomic E-state index is -0.293. The van der Waals surface area contributed by atoms with Crippen molar-refractivity contribution in [2.24, 2.45) is 0 Å². The molecule has 0 radical (unpaired) electrons. The number of hydrogen-bond donors (Lipinski definition) is 0. The molecule has 6 heteroatoms. The van der Waals surface area contributed by atoms with Crippen molar-refractivity contribution in [3.05, 3.63) is 72.0 Å². The van der Waals surface area contributed by atoms with E-state index in [1.54, 1.807) is 40.9 Å². The van der Waals surface area contributed by atoms with Gasteiger partial charge in [0.1, 0.15) is 5.82 Å². The lowest BCUT2D eigenvalue weighted by molar-refractivity contribution is 0.628. The fraction of sp³-hybridized carbons (Fsp3) is 0. The SMILES string of the molecule is N#Cc1cccc(-c2nnc3ccc(-c4ccc(F)cc4)nn23)c1. The molecule has 0 unspecified atom stereocenters. The first-order valence-corrected chi connectivity index (χ1v) is 7.23. The third kappa shape index (κ3) is 2.38. The molecule has 114 valence electrons. The van der Waals surface area contributed by atoms with E-state index in [9.17, 15) is 4.39 Å². The molecule has 0 N–H and O–H groups in total. The highest BCUT2D eigenvalue weighted by Gasteiger charge is 2.11. The molecule has 0 fully saturated rings. The predicted octanol–water partition coefficient (Wildman–Crippen LogP) is 3.47. The average Bonchev–Trinajstić information content (AvgIpc) is 3.05. The molecule has 2 aromatic carbocycles. The summed E-state index contributed by atoms with van der Waals surface area (Å²) >= 11 is 0. The van der Waals surface area contributed by atoms with E-state index in [0.29, 0.717) is 22.7 Å². The van der Waals surface area contributed by atoms with Crippen LogP contribution in [0.2, 0.25) is 0 Å². The highest BCUT2D eigenvalue weighted by molar-refractivity contribution is 5.64. The van der Waals surface area contributed by atoms with Gasteiger partial charge in [0.2, 0.25) is 0 Å². The van der Waals surface area contributed by atoms with Crippen LogP contribution in [0, 0.1) is 17.1 Å². The standard InChI is InChI=1S/C18H10FN5/c19-15-6-4-13(5-7-15)16-8-9-17-21-22-18(24(17)23-16)14-3-1-2-12(10-14)11-20/h1-10H. The Hall–Kier alpha value is -3.59. The second kappa shape index (κ2) is 5.56.